The third-order valence-corrected chi connectivity index (χ3v) is 4.58. The fraction of sp³-hybridized carbons (Fsp3) is 0.438. The van der Waals surface area contributed by atoms with E-state index in [9.17, 15) is 4.79 Å². The van der Waals surface area contributed by atoms with Gasteiger partial charge in [0.2, 0.25) is 11.9 Å². The van der Waals surface area contributed by atoms with Crippen LogP contribution >= 0.6 is 28.3 Å². The summed E-state index contributed by atoms with van der Waals surface area (Å²) in [6, 6.07) is 8.13. The molecule has 6 nitrogen and oxygen atoms in total. The zero-order chi connectivity index (χ0) is 16.2. The van der Waals surface area contributed by atoms with Crippen LogP contribution in [0.15, 0.2) is 35.1 Å². The highest BCUT2D eigenvalue weighted by atomic mass is 79.9. The molecule has 1 heterocycles. The standard InChI is InChI=1S/C16H20BrN5O.ClH/c17-13-5-1-3-11(7-13)9-22-10-19-16(21-22)20-15(23)12-4-2-6-14(18)8-12;/h1,3,5,7,10,12,14H,2,4,6,8-9,18H2,(H,20,21,23);1H. The molecule has 0 aliphatic heterocycles. The van der Waals surface area contributed by atoms with Crippen LogP contribution in [0.2, 0.25) is 0 Å². The Morgan fingerprint density at radius 3 is 3.00 bits per heavy atom. The fourth-order valence-corrected chi connectivity index (χ4v) is 3.38. The number of benzene rings is 1. The van der Waals surface area contributed by atoms with Gasteiger partial charge in [0.25, 0.3) is 0 Å². The highest BCUT2D eigenvalue weighted by Crippen LogP contribution is 2.24. The second-order valence-electron chi connectivity index (χ2n) is 6.01. The number of hydrogen-bond donors (Lipinski definition) is 2. The molecule has 2 unspecified atom stereocenters. The Morgan fingerprint density at radius 1 is 1.42 bits per heavy atom. The highest BCUT2D eigenvalue weighted by Gasteiger charge is 2.25. The van der Waals surface area contributed by atoms with Crippen LogP contribution in [0.25, 0.3) is 0 Å². The number of halogens is 2. The number of hydrogen-bond acceptors (Lipinski definition) is 4. The van der Waals surface area contributed by atoms with Gasteiger partial charge in [-0.15, -0.1) is 17.5 Å². The van der Waals surface area contributed by atoms with E-state index >= 15 is 0 Å². The second kappa shape index (κ2) is 8.60. The summed E-state index contributed by atoms with van der Waals surface area (Å²) in [6.07, 6.45) is 5.26. The minimum atomic E-state index is -0.0317. The Labute approximate surface area is 155 Å². The van der Waals surface area contributed by atoms with Gasteiger partial charge < -0.3 is 5.73 Å². The number of nitrogens with zero attached hydrogens (tertiary/aromatic N) is 3. The van der Waals surface area contributed by atoms with Crippen molar-refractivity contribution in [2.75, 3.05) is 5.32 Å². The molecule has 8 heteroatoms. The average Bonchev–Trinajstić information content (AvgIpc) is 2.94. The van der Waals surface area contributed by atoms with Crippen molar-refractivity contribution in [1.29, 1.82) is 0 Å². The summed E-state index contributed by atoms with van der Waals surface area (Å²) < 4.78 is 2.74. The quantitative estimate of drug-likeness (QED) is 0.805. The zero-order valence-electron chi connectivity index (χ0n) is 13.2. The number of aromatic nitrogens is 3. The molecule has 2 atom stereocenters. The average molecular weight is 415 g/mol. The first kappa shape index (κ1) is 18.9. The molecule has 0 saturated heterocycles. The smallest absolute Gasteiger partial charge is 0.248 e. The molecule has 3 rings (SSSR count). The van der Waals surface area contributed by atoms with Gasteiger partial charge in [0.05, 0.1) is 6.54 Å². The largest absolute Gasteiger partial charge is 0.328 e. The third-order valence-electron chi connectivity index (χ3n) is 4.09. The number of carbonyl (C=O) groups excluding carboxylic acids is 1. The van der Waals surface area contributed by atoms with Gasteiger partial charge in [-0.1, -0.05) is 34.5 Å². The summed E-state index contributed by atoms with van der Waals surface area (Å²) in [5.41, 5.74) is 7.05. The van der Waals surface area contributed by atoms with E-state index in [-0.39, 0.29) is 30.3 Å². The van der Waals surface area contributed by atoms with Crippen LogP contribution in [0, 0.1) is 5.92 Å². The van der Waals surface area contributed by atoms with Gasteiger partial charge in [-0.3, -0.25) is 10.1 Å². The molecule has 1 saturated carbocycles. The number of amides is 1. The minimum Gasteiger partial charge on any atom is -0.328 e. The lowest BCUT2D eigenvalue weighted by Crippen LogP contribution is -2.34. The molecule has 1 aliphatic carbocycles. The summed E-state index contributed by atoms with van der Waals surface area (Å²) in [7, 11) is 0. The Morgan fingerprint density at radius 2 is 2.25 bits per heavy atom. The molecular weight excluding hydrogens is 394 g/mol. The van der Waals surface area contributed by atoms with Crippen molar-refractivity contribution in [3.05, 3.63) is 40.6 Å². The summed E-state index contributed by atoms with van der Waals surface area (Å²) in [4.78, 5) is 16.4. The van der Waals surface area contributed by atoms with Gasteiger partial charge in [0, 0.05) is 16.4 Å². The normalized spacial score (nSPS) is 20.2. The van der Waals surface area contributed by atoms with E-state index in [2.05, 4.69) is 31.3 Å². The van der Waals surface area contributed by atoms with Gasteiger partial charge in [0.15, 0.2) is 0 Å². The molecule has 1 aliphatic rings. The zero-order valence-corrected chi connectivity index (χ0v) is 15.6. The van der Waals surface area contributed by atoms with Crippen molar-refractivity contribution in [1.82, 2.24) is 14.8 Å². The Hall–Kier alpha value is -1.44. The van der Waals surface area contributed by atoms with E-state index in [0.717, 1.165) is 35.7 Å². The molecule has 3 N–H and O–H groups in total. The molecule has 130 valence electrons. The monoisotopic (exact) mass is 413 g/mol. The van der Waals surface area contributed by atoms with Crippen LogP contribution in [0.4, 0.5) is 5.95 Å². The predicted molar refractivity (Wildman–Crippen MR) is 99.1 cm³/mol. The Balaban J connectivity index is 0.00000208. The van der Waals surface area contributed by atoms with Crippen LogP contribution in [-0.4, -0.2) is 26.7 Å². The van der Waals surface area contributed by atoms with E-state index in [1.807, 2.05) is 24.3 Å². The van der Waals surface area contributed by atoms with Gasteiger partial charge in [-0.2, -0.15) is 0 Å². The molecule has 1 aromatic carbocycles. The lowest BCUT2D eigenvalue weighted by molar-refractivity contribution is -0.120. The van der Waals surface area contributed by atoms with Crippen LogP contribution < -0.4 is 11.1 Å². The maximum atomic E-state index is 12.3. The van der Waals surface area contributed by atoms with Crippen molar-refractivity contribution in [3.63, 3.8) is 0 Å². The van der Waals surface area contributed by atoms with Crippen molar-refractivity contribution < 1.29 is 4.79 Å². The van der Waals surface area contributed by atoms with Crippen LogP contribution in [-0.2, 0) is 11.3 Å². The van der Waals surface area contributed by atoms with Gasteiger partial charge in [-0.05, 0) is 37.0 Å². The van der Waals surface area contributed by atoms with Gasteiger partial charge in [-0.25, -0.2) is 9.67 Å². The van der Waals surface area contributed by atoms with E-state index in [0.29, 0.717) is 12.5 Å². The van der Waals surface area contributed by atoms with Crippen LogP contribution in [0.1, 0.15) is 31.2 Å². The lowest BCUT2D eigenvalue weighted by atomic mass is 9.85. The van der Waals surface area contributed by atoms with E-state index < -0.39 is 0 Å². The highest BCUT2D eigenvalue weighted by molar-refractivity contribution is 9.10. The van der Waals surface area contributed by atoms with Crippen LogP contribution in [0.3, 0.4) is 0 Å². The summed E-state index contributed by atoms with van der Waals surface area (Å²) in [6.45, 7) is 0.608. The molecule has 0 spiro atoms. The first-order valence-electron chi connectivity index (χ1n) is 7.80. The summed E-state index contributed by atoms with van der Waals surface area (Å²) in [5.74, 6) is 0.292. The van der Waals surface area contributed by atoms with Crippen LogP contribution in [0.5, 0.6) is 0 Å². The van der Waals surface area contributed by atoms with Crippen molar-refractivity contribution in [2.45, 2.75) is 38.3 Å². The maximum absolute atomic E-state index is 12.3. The second-order valence-corrected chi connectivity index (χ2v) is 6.92. The lowest BCUT2D eigenvalue weighted by Gasteiger charge is -2.25. The molecule has 0 bridgehead atoms. The number of carbonyl (C=O) groups is 1. The number of anilines is 1. The number of nitrogens with one attached hydrogen (secondary N) is 1. The van der Waals surface area contributed by atoms with Gasteiger partial charge in [0.1, 0.15) is 6.33 Å². The summed E-state index contributed by atoms with van der Waals surface area (Å²) >= 11 is 3.45. The molecule has 1 aromatic heterocycles. The Bertz CT molecular complexity index is 693. The van der Waals surface area contributed by atoms with Gasteiger partial charge >= 0.3 is 0 Å². The van der Waals surface area contributed by atoms with Crippen molar-refractivity contribution >= 4 is 40.2 Å². The topological polar surface area (TPSA) is 85.8 Å². The first-order chi connectivity index (χ1) is 11.1. The maximum Gasteiger partial charge on any atom is 0.248 e. The molecule has 1 amide bonds. The van der Waals surface area contributed by atoms with Crippen molar-refractivity contribution in [3.8, 4) is 0 Å². The molecule has 1 fully saturated rings. The predicted octanol–water partition coefficient (Wildman–Crippen LogP) is 2.97. The van der Waals surface area contributed by atoms with Crippen molar-refractivity contribution in [2.24, 2.45) is 11.7 Å². The Kier molecular flexibility index (Phi) is 6.77. The third kappa shape index (κ3) is 5.03. The SMILES string of the molecule is Cl.NC1CCCC(C(=O)Nc2ncn(Cc3cccc(Br)c3)n2)C1. The number of rotatable bonds is 4. The van der Waals surface area contributed by atoms with E-state index in [1.54, 1.807) is 11.0 Å². The van der Waals surface area contributed by atoms with E-state index in [4.69, 9.17) is 5.73 Å². The molecule has 0 radical (unpaired) electrons. The first-order valence-corrected chi connectivity index (χ1v) is 8.60. The molecule has 24 heavy (non-hydrogen) atoms. The number of nitrogens with two attached hydrogens (primary N) is 1. The fourth-order valence-electron chi connectivity index (χ4n) is 2.93. The van der Waals surface area contributed by atoms with E-state index in [1.165, 1.54) is 0 Å². The molecular formula is C16H21BrClN5O. The minimum absolute atomic E-state index is 0. The molecule has 2 aromatic rings. The summed E-state index contributed by atoms with van der Waals surface area (Å²) in [5, 5.41) is 7.12.